The van der Waals surface area contributed by atoms with Crippen molar-refractivity contribution >= 4 is 29.1 Å². The Morgan fingerprint density at radius 1 is 1.18 bits per heavy atom. The minimum Gasteiger partial charge on any atom is -0.486 e. The number of nitrogens with zero attached hydrogens (tertiary/aromatic N) is 1. The molecule has 1 aliphatic carbocycles. The Morgan fingerprint density at radius 3 is 2.86 bits per heavy atom. The van der Waals surface area contributed by atoms with Crippen molar-refractivity contribution < 1.29 is 23.9 Å². The fraction of sp³-hybridized carbons (Fsp3) is 0.350. The zero-order valence-corrected chi connectivity index (χ0v) is 15.8. The van der Waals surface area contributed by atoms with Crippen LogP contribution in [0, 0.1) is 0 Å². The predicted octanol–water partition coefficient (Wildman–Crippen LogP) is 2.49. The summed E-state index contributed by atoms with van der Waals surface area (Å²) in [5.74, 6) is 0.423. The van der Waals surface area contributed by atoms with Crippen molar-refractivity contribution in [1.29, 1.82) is 0 Å². The Balaban J connectivity index is 1.40. The quantitative estimate of drug-likeness (QED) is 0.634. The molecule has 7 nitrogen and oxygen atoms in total. The Kier molecular flexibility index (Phi) is 3.90. The van der Waals surface area contributed by atoms with Gasteiger partial charge in [0, 0.05) is 16.0 Å². The van der Waals surface area contributed by atoms with Gasteiger partial charge >= 0.3 is 6.03 Å². The van der Waals surface area contributed by atoms with Crippen LogP contribution in [0.1, 0.15) is 33.6 Å². The average Bonchev–Trinajstić information content (AvgIpc) is 3.28. The number of carbonyl (C=O) groups is 3. The molecule has 3 heterocycles. The summed E-state index contributed by atoms with van der Waals surface area (Å²) in [5, 5.41) is 4.81. The van der Waals surface area contributed by atoms with E-state index >= 15 is 0 Å². The monoisotopic (exact) mass is 398 g/mol. The summed E-state index contributed by atoms with van der Waals surface area (Å²) in [6, 6.07) is 6.29. The number of fused-ring (bicyclic) bond motifs is 3. The molecular formula is C20H18N2O5S. The van der Waals surface area contributed by atoms with Crippen LogP contribution in [0.5, 0.6) is 11.5 Å². The van der Waals surface area contributed by atoms with Crippen molar-refractivity contribution in [1.82, 2.24) is 10.2 Å². The van der Waals surface area contributed by atoms with Gasteiger partial charge in [0.2, 0.25) is 0 Å². The molecule has 1 saturated heterocycles. The number of carbonyl (C=O) groups excluding carboxylic acids is 3. The van der Waals surface area contributed by atoms with Gasteiger partial charge in [0.1, 0.15) is 18.8 Å². The molecule has 1 spiro atoms. The zero-order chi connectivity index (χ0) is 19.3. The lowest BCUT2D eigenvalue weighted by molar-refractivity contribution is -0.131. The molecule has 0 saturated carbocycles. The predicted molar refractivity (Wildman–Crippen MR) is 101 cm³/mol. The Morgan fingerprint density at radius 2 is 2.00 bits per heavy atom. The Labute approximate surface area is 165 Å². The molecule has 1 fully saturated rings. The highest BCUT2D eigenvalue weighted by atomic mass is 32.1. The first-order chi connectivity index (χ1) is 13.6. The van der Waals surface area contributed by atoms with E-state index in [1.165, 1.54) is 0 Å². The molecule has 144 valence electrons. The summed E-state index contributed by atoms with van der Waals surface area (Å²) in [5.41, 5.74) is 0.222. The van der Waals surface area contributed by atoms with E-state index in [0.29, 0.717) is 36.7 Å². The molecule has 8 heteroatoms. The smallest absolute Gasteiger partial charge is 0.325 e. The van der Waals surface area contributed by atoms with Crippen LogP contribution in [0.25, 0.3) is 0 Å². The highest BCUT2D eigenvalue weighted by Crippen LogP contribution is 2.42. The lowest BCUT2D eigenvalue weighted by Gasteiger charge is -2.31. The van der Waals surface area contributed by atoms with Crippen LogP contribution in [0.3, 0.4) is 0 Å². The first kappa shape index (κ1) is 17.2. The van der Waals surface area contributed by atoms with Crippen molar-refractivity contribution in [3.63, 3.8) is 0 Å². The van der Waals surface area contributed by atoms with E-state index in [0.717, 1.165) is 28.2 Å². The van der Waals surface area contributed by atoms with Gasteiger partial charge in [0.25, 0.3) is 5.91 Å². The normalized spacial score (nSPS) is 22.9. The van der Waals surface area contributed by atoms with Gasteiger partial charge < -0.3 is 14.8 Å². The maximum absolute atomic E-state index is 13.2. The minimum atomic E-state index is -1.03. The number of hydrogen-bond acceptors (Lipinski definition) is 6. The third kappa shape index (κ3) is 2.51. The molecule has 0 bridgehead atoms. The first-order valence-electron chi connectivity index (χ1n) is 9.22. The number of benzene rings is 1. The van der Waals surface area contributed by atoms with E-state index in [-0.39, 0.29) is 18.2 Å². The first-order valence-corrected chi connectivity index (χ1v) is 10.1. The second-order valence-electron chi connectivity index (χ2n) is 7.12. The van der Waals surface area contributed by atoms with E-state index < -0.39 is 11.6 Å². The van der Waals surface area contributed by atoms with Gasteiger partial charge in [0.05, 0.1) is 6.54 Å². The molecule has 0 unspecified atom stereocenters. The summed E-state index contributed by atoms with van der Waals surface area (Å²) in [4.78, 5) is 40.7. The molecular weight excluding hydrogens is 380 g/mol. The fourth-order valence-corrected chi connectivity index (χ4v) is 5.14. The lowest BCUT2D eigenvalue weighted by Crippen LogP contribution is -2.46. The second kappa shape index (κ2) is 6.34. The molecule has 28 heavy (non-hydrogen) atoms. The third-order valence-corrected chi connectivity index (χ3v) is 6.48. The number of urea groups is 1. The number of hydrogen-bond donors (Lipinski definition) is 1. The number of aryl methyl sites for hydroxylation is 1. The highest BCUT2D eigenvalue weighted by Gasteiger charge is 2.54. The van der Waals surface area contributed by atoms with Crippen molar-refractivity contribution in [3.05, 3.63) is 45.6 Å². The number of Topliss-reactive ketones (excluding diaryl/α,β-unsaturated/α-hetero) is 1. The van der Waals surface area contributed by atoms with Crippen LogP contribution < -0.4 is 14.8 Å². The zero-order valence-electron chi connectivity index (χ0n) is 15.0. The number of amides is 3. The summed E-state index contributed by atoms with van der Waals surface area (Å²) >= 11 is 1.60. The molecule has 0 radical (unpaired) electrons. The molecule has 1 atom stereocenters. The van der Waals surface area contributed by atoms with Crippen LogP contribution in [-0.2, 0) is 16.8 Å². The van der Waals surface area contributed by atoms with E-state index in [1.54, 1.807) is 29.5 Å². The number of ketones is 1. The van der Waals surface area contributed by atoms with Crippen molar-refractivity contribution in [2.24, 2.45) is 0 Å². The van der Waals surface area contributed by atoms with E-state index in [2.05, 4.69) is 5.32 Å². The Bertz CT molecular complexity index is 1000. The van der Waals surface area contributed by atoms with Gasteiger partial charge in [-0.3, -0.25) is 14.5 Å². The van der Waals surface area contributed by atoms with Gasteiger partial charge in [0.15, 0.2) is 17.3 Å². The maximum atomic E-state index is 13.2. The molecule has 5 rings (SSSR count). The number of nitrogens with one attached hydrogen (secondary N) is 1. The summed E-state index contributed by atoms with van der Waals surface area (Å²) in [7, 11) is 0. The maximum Gasteiger partial charge on any atom is 0.325 e. The highest BCUT2D eigenvalue weighted by molar-refractivity contribution is 7.10. The van der Waals surface area contributed by atoms with Crippen LogP contribution in [0.15, 0.2) is 29.6 Å². The van der Waals surface area contributed by atoms with Gasteiger partial charge in [-0.15, -0.1) is 11.3 Å². The standard InChI is InChI=1S/C20H18N2O5S/c23-14(12-3-4-15-16(10-12)27-8-7-26-15)11-22-18(24)20(21-19(22)25)6-1-2-17-13(20)5-9-28-17/h3-5,9-10H,1-2,6-8,11H2,(H,21,25)/t20-/m0/s1. The third-order valence-electron chi connectivity index (χ3n) is 5.50. The molecule has 3 aliphatic rings. The molecule has 2 aromatic rings. The average molecular weight is 398 g/mol. The van der Waals surface area contributed by atoms with Crippen LogP contribution >= 0.6 is 11.3 Å². The van der Waals surface area contributed by atoms with E-state index in [9.17, 15) is 14.4 Å². The minimum absolute atomic E-state index is 0.300. The molecule has 1 N–H and O–H groups in total. The van der Waals surface area contributed by atoms with Crippen LogP contribution in [0.4, 0.5) is 4.79 Å². The fourth-order valence-electron chi connectivity index (χ4n) is 4.14. The van der Waals surface area contributed by atoms with Gasteiger partial charge in [-0.2, -0.15) is 0 Å². The lowest BCUT2D eigenvalue weighted by atomic mass is 9.80. The van der Waals surface area contributed by atoms with Crippen molar-refractivity contribution in [2.75, 3.05) is 19.8 Å². The van der Waals surface area contributed by atoms with Crippen LogP contribution in [-0.4, -0.2) is 42.4 Å². The van der Waals surface area contributed by atoms with E-state index in [1.807, 2.05) is 11.4 Å². The van der Waals surface area contributed by atoms with Gasteiger partial charge in [-0.25, -0.2) is 4.79 Å². The summed E-state index contributed by atoms with van der Waals surface area (Å²) < 4.78 is 11.0. The van der Waals surface area contributed by atoms with Crippen molar-refractivity contribution in [3.8, 4) is 11.5 Å². The molecule has 3 amide bonds. The molecule has 1 aromatic heterocycles. The topological polar surface area (TPSA) is 84.9 Å². The van der Waals surface area contributed by atoms with Gasteiger partial charge in [-0.05, 0) is 48.9 Å². The molecule has 2 aliphatic heterocycles. The van der Waals surface area contributed by atoms with E-state index in [4.69, 9.17) is 9.47 Å². The number of ether oxygens (including phenoxy) is 2. The number of thiophene rings is 1. The number of imide groups is 1. The van der Waals surface area contributed by atoms with Crippen molar-refractivity contribution in [2.45, 2.75) is 24.8 Å². The summed E-state index contributed by atoms with van der Waals surface area (Å²) in [6.45, 7) is 0.587. The van der Waals surface area contributed by atoms with Gasteiger partial charge in [-0.1, -0.05) is 0 Å². The SMILES string of the molecule is O=C(CN1C(=O)N[C@]2(CCCc3sccc32)C1=O)c1ccc2c(c1)OCCO2. The second-order valence-corrected chi connectivity index (χ2v) is 8.12. The molecule has 1 aromatic carbocycles. The summed E-state index contributed by atoms with van der Waals surface area (Å²) in [6.07, 6.45) is 2.29. The van der Waals surface area contributed by atoms with Crippen LogP contribution in [0.2, 0.25) is 0 Å². The number of rotatable bonds is 3. The Hall–Kier alpha value is -2.87. The largest absolute Gasteiger partial charge is 0.486 e.